The number of fused-ring (bicyclic) bond motifs is 1. The van der Waals surface area contributed by atoms with Gasteiger partial charge in [-0.1, -0.05) is 60.7 Å². The molecule has 324 valence electrons. The number of furan rings is 1. The number of likely N-dealkylation sites (tertiary alicyclic amines) is 2. The number of piperidine rings is 1. The van der Waals surface area contributed by atoms with E-state index in [1.54, 1.807) is 45.6 Å². The number of anilines is 1. The third-order valence-corrected chi connectivity index (χ3v) is 12.6. The van der Waals surface area contributed by atoms with Crippen molar-refractivity contribution in [3.63, 3.8) is 0 Å². The zero-order valence-electron chi connectivity index (χ0n) is 35.9. The summed E-state index contributed by atoms with van der Waals surface area (Å²) >= 11 is 0. The number of aromatic nitrogens is 2. The van der Waals surface area contributed by atoms with Gasteiger partial charge in [0, 0.05) is 49.6 Å². The summed E-state index contributed by atoms with van der Waals surface area (Å²) in [5.74, 6) is 2.92. The van der Waals surface area contributed by atoms with E-state index >= 15 is 0 Å². The summed E-state index contributed by atoms with van der Waals surface area (Å²) in [6, 6.07) is 31.6. The van der Waals surface area contributed by atoms with Crippen LogP contribution >= 0.6 is 0 Å². The molecule has 4 aromatic carbocycles. The fraction of sp³-hybridized carbons (Fsp3) is 0.367. The van der Waals surface area contributed by atoms with E-state index in [2.05, 4.69) is 51.2 Å². The predicted octanol–water partition coefficient (Wildman–Crippen LogP) is 7.32. The van der Waals surface area contributed by atoms with Gasteiger partial charge in [0.1, 0.15) is 18.1 Å². The molecule has 0 aliphatic carbocycles. The zero-order valence-corrected chi connectivity index (χ0v) is 35.9. The molecule has 8 rings (SSSR count). The number of imidazole rings is 1. The third-order valence-electron chi connectivity index (χ3n) is 12.6. The minimum Gasteiger partial charge on any atom is -0.493 e. The first-order valence-electron chi connectivity index (χ1n) is 21.2. The summed E-state index contributed by atoms with van der Waals surface area (Å²) in [7, 11) is 6.07. The average molecular weight is 842 g/mol. The number of hydrogen-bond donors (Lipinski definition) is 2. The van der Waals surface area contributed by atoms with E-state index in [-0.39, 0.29) is 29.9 Å². The Morgan fingerprint density at radius 1 is 0.839 bits per heavy atom. The Kier molecular flexibility index (Phi) is 12.8. The smallest absolute Gasteiger partial charge is 0.338 e. The standard InChI is InChI=1S/C49H55N5O8/c1-58-42-28-35(29-43(59-2)45(42)60-3)46(56)53-26-22-49(32-53,36-13-6-5-7-14-36)21-25-52-23-19-37(20-24-52)50-48-51-44-34(27-33-11-8-9-15-40(33)47(57)61-4)12-10-16-41(44)54(48)30-38-17-18-39(31-55)62-38/h5-18,28-29,37,55H,19-27,30-32H2,1-4H3,(H,50,51). The molecule has 0 radical (unpaired) electrons. The number of para-hydroxylation sites is 1. The number of nitrogens with zero attached hydrogens (tertiary/aromatic N) is 4. The Labute approximate surface area is 362 Å². The van der Waals surface area contributed by atoms with Crippen molar-refractivity contribution in [3.8, 4) is 17.2 Å². The number of esters is 1. The maximum absolute atomic E-state index is 14.1. The van der Waals surface area contributed by atoms with Crippen LogP contribution in [0.25, 0.3) is 11.0 Å². The Balaban J connectivity index is 0.975. The first-order chi connectivity index (χ1) is 30.3. The van der Waals surface area contributed by atoms with Crippen LogP contribution in [0.15, 0.2) is 101 Å². The molecule has 4 heterocycles. The van der Waals surface area contributed by atoms with Crippen molar-refractivity contribution in [2.75, 3.05) is 66.5 Å². The van der Waals surface area contributed by atoms with Crippen molar-refractivity contribution in [3.05, 3.63) is 136 Å². The summed E-state index contributed by atoms with van der Waals surface area (Å²) in [5, 5.41) is 13.5. The van der Waals surface area contributed by atoms with E-state index in [0.717, 1.165) is 79.2 Å². The SMILES string of the molecule is COC(=O)c1ccccc1Cc1cccc2c1nc(NC1CCN(CCC3(c4ccccc4)CCN(C(=O)c4cc(OC)c(OC)c(OC)c4)C3)CC1)n2Cc1ccc(CO)o1. The van der Waals surface area contributed by atoms with Crippen LogP contribution in [0.5, 0.6) is 17.2 Å². The number of ether oxygens (including phenoxy) is 4. The van der Waals surface area contributed by atoms with Gasteiger partial charge >= 0.3 is 5.97 Å². The highest BCUT2D eigenvalue weighted by Gasteiger charge is 2.42. The topological polar surface area (TPSA) is 141 Å². The molecule has 2 aliphatic rings. The van der Waals surface area contributed by atoms with Gasteiger partial charge in [0.05, 0.1) is 51.6 Å². The molecule has 0 bridgehead atoms. The molecule has 2 aromatic heterocycles. The van der Waals surface area contributed by atoms with Crippen LogP contribution in [0.3, 0.4) is 0 Å². The maximum Gasteiger partial charge on any atom is 0.338 e. The monoisotopic (exact) mass is 841 g/mol. The third kappa shape index (κ3) is 8.73. The summed E-state index contributed by atoms with van der Waals surface area (Å²) in [5.41, 5.74) is 5.77. The predicted molar refractivity (Wildman–Crippen MR) is 236 cm³/mol. The highest BCUT2D eigenvalue weighted by molar-refractivity contribution is 5.96. The largest absolute Gasteiger partial charge is 0.493 e. The molecular formula is C49H55N5O8. The second kappa shape index (κ2) is 18.8. The minimum absolute atomic E-state index is 0.0565. The molecule has 2 saturated heterocycles. The van der Waals surface area contributed by atoms with Gasteiger partial charge < -0.3 is 48.2 Å². The number of aliphatic hydroxyl groups is 1. The van der Waals surface area contributed by atoms with Crippen molar-refractivity contribution in [2.24, 2.45) is 0 Å². The number of rotatable bonds is 16. The fourth-order valence-corrected chi connectivity index (χ4v) is 9.22. The number of nitrogens with one attached hydrogen (secondary N) is 1. The highest BCUT2D eigenvalue weighted by atomic mass is 16.5. The van der Waals surface area contributed by atoms with Gasteiger partial charge in [-0.05, 0) is 85.3 Å². The summed E-state index contributed by atoms with van der Waals surface area (Å²) in [6.07, 6.45) is 4.16. The number of carbonyl (C=O) groups is 2. The Morgan fingerprint density at radius 3 is 2.24 bits per heavy atom. The Hall–Kier alpha value is -6.31. The van der Waals surface area contributed by atoms with Crippen LogP contribution in [0.2, 0.25) is 0 Å². The van der Waals surface area contributed by atoms with Crippen LogP contribution in [0.1, 0.15) is 74.6 Å². The minimum atomic E-state index is -0.368. The Bertz CT molecular complexity index is 2480. The van der Waals surface area contributed by atoms with E-state index in [9.17, 15) is 14.7 Å². The number of methoxy groups -OCH3 is 4. The lowest BCUT2D eigenvalue weighted by atomic mass is 9.76. The number of amides is 1. The second-order valence-electron chi connectivity index (χ2n) is 16.2. The van der Waals surface area contributed by atoms with E-state index < -0.39 is 0 Å². The van der Waals surface area contributed by atoms with Crippen LogP contribution in [-0.2, 0) is 29.7 Å². The molecule has 1 amide bonds. The van der Waals surface area contributed by atoms with Crippen molar-refractivity contribution in [2.45, 2.75) is 56.7 Å². The summed E-state index contributed by atoms with van der Waals surface area (Å²) in [4.78, 5) is 36.4. The first kappa shape index (κ1) is 42.4. The lowest BCUT2D eigenvalue weighted by molar-refractivity contribution is 0.0599. The van der Waals surface area contributed by atoms with Gasteiger partial charge in [-0.25, -0.2) is 9.78 Å². The van der Waals surface area contributed by atoms with E-state index in [0.29, 0.717) is 60.2 Å². The lowest BCUT2D eigenvalue weighted by Gasteiger charge is -2.36. The van der Waals surface area contributed by atoms with E-state index in [4.69, 9.17) is 28.3 Å². The van der Waals surface area contributed by atoms with Crippen LogP contribution in [0, 0.1) is 0 Å². The van der Waals surface area contributed by atoms with Crippen molar-refractivity contribution < 1.29 is 38.1 Å². The molecule has 0 spiro atoms. The highest BCUT2D eigenvalue weighted by Crippen LogP contribution is 2.42. The fourth-order valence-electron chi connectivity index (χ4n) is 9.22. The van der Waals surface area contributed by atoms with E-state index in [1.165, 1.54) is 12.7 Å². The maximum atomic E-state index is 14.1. The van der Waals surface area contributed by atoms with Crippen LogP contribution < -0.4 is 19.5 Å². The molecule has 13 nitrogen and oxygen atoms in total. The van der Waals surface area contributed by atoms with Gasteiger partial charge in [-0.2, -0.15) is 0 Å². The van der Waals surface area contributed by atoms with Gasteiger partial charge in [-0.15, -0.1) is 0 Å². The number of benzene rings is 4. The average Bonchev–Trinajstić information content (AvgIpc) is 4.07. The Morgan fingerprint density at radius 2 is 1.55 bits per heavy atom. The van der Waals surface area contributed by atoms with Crippen molar-refractivity contribution in [1.29, 1.82) is 0 Å². The van der Waals surface area contributed by atoms with Gasteiger partial charge in [0.2, 0.25) is 11.7 Å². The number of carbonyl (C=O) groups excluding carboxylic acids is 2. The second-order valence-corrected chi connectivity index (χ2v) is 16.2. The molecule has 0 saturated carbocycles. The van der Waals surface area contributed by atoms with Gasteiger partial charge in [-0.3, -0.25) is 4.79 Å². The summed E-state index contributed by atoms with van der Waals surface area (Å²) in [6.45, 7) is 4.28. The number of hydrogen-bond acceptors (Lipinski definition) is 11. The summed E-state index contributed by atoms with van der Waals surface area (Å²) < 4.78 is 29.8. The zero-order chi connectivity index (χ0) is 43.2. The molecule has 2 N–H and O–H groups in total. The molecular weight excluding hydrogens is 787 g/mol. The van der Waals surface area contributed by atoms with E-state index in [1.807, 2.05) is 41.3 Å². The molecule has 6 aromatic rings. The van der Waals surface area contributed by atoms with Crippen LogP contribution in [0.4, 0.5) is 5.95 Å². The van der Waals surface area contributed by atoms with Gasteiger partial charge in [0.15, 0.2) is 11.5 Å². The molecule has 1 unspecified atom stereocenters. The first-order valence-corrected chi connectivity index (χ1v) is 21.2. The van der Waals surface area contributed by atoms with Gasteiger partial charge in [0.25, 0.3) is 5.91 Å². The molecule has 13 heteroatoms. The van der Waals surface area contributed by atoms with Crippen molar-refractivity contribution in [1.82, 2.24) is 19.4 Å². The van der Waals surface area contributed by atoms with Crippen LogP contribution in [-0.4, -0.2) is 104 Å². The molecule has 62 heavy (non-hydrogen) atoms. The molecule has 2 aliphatic heterocycles. The normalized spacial score (nSPS) is 17.0. The van der Waals surface area contributed by atoms with Crippen molar-refractivity contribution >= 4 is 28.9 Å². The molecule has 2 fully saturated rings. The lowest BCUT2D eigenvalue weighted by Crippen LogP contribution is -2.42. The quantitative estimate of drug-likeness (QED) is 0.0948. The molecule has 1 atom stereocenters. The number of aliphatic hydroxyl groups excluding tert-OH is 1.